The first-order chi connectivity index (χ1) is 8.91. The van der Waals surface area contributed by atoms with Gasteiger partial charge in [0.05, 0.1) is 0 Å². The fraction of sp³-hybridized carbons (Fsp3) is 0.462. The van der Waals surface area contributed by atoms with Crippen molar-refractivity contribution in [3.05, 3.63) is 24.0 Å². The largest absolute Gasteiger partial charge is 0.505 e. The van der Waals surface area contributed by atoms with Crippen molar-refractivity contribution >= 4 is 11.8 Å². The van der Waals surface area contributed by atoms with Crippen LogP contribution in [-0.2, 0) is 4.79 Å². The van der Waals surface area contributed by atoms with E-state index in [1.54, 1.807) is 6.92 Å². The fourth-order valence-electron chi connectivity index (χ4n) is 1.36. The molecular weight excluding hydrogens is 246 g/mol. The quantitative estimate of drug-likeness (QED) is 0.730. The number of rotatable bonds is 5. The monoisotopic (exact) mass is 265 g/mol. The first-order valence-electron chi connectivity index (χ1n) is 6.14. The van der Waals surface area contributed by atoms with E-state index < -0.39 is 11.9 Å². The Morgan fingerprint density at radius 2 is 2.05 bits per heavy atom. The normalized spacial score (nSPS) is 12.0. The molecule has 0 aliphatic carbocycles. The van der Waals surface area contributed by atoms with Crippen LogP contribution >= 0.6 is 0 Å². The molecule has 19 heavy (non-hydrogen) atoms. The van der Waals surface area contributed by atoms with E-state index in [1.165, 1.54) is 18.3 Å². The summed E-state index contributed by atoms with van der Waals surface area (Å²) < 4.78 is 0. The highest BCUT2D eigenvalue weighted by molar-refractivity contribution is 5.97. The zero-order valence-electron chi connectivity index (χ0n) is 11.3. The minimum atomic E-state index is -0.687. The van der Waals surface area contributed by atoms with Crippen LogP contribution in [0.5, 0.6) is 5.75 Å². The van der Waals surface area contributed by atoms with E-state index in [0.717, 1.165) is 0 Å². The number of hydrogen-bond acceptors (Lipinski definition) is 4. The number of aromatic hydroxyl groups is 1. The van der Waals surface area contributed by atoms with Crippen molar-refractivity contribution in [1.29, 1.82) is 0 Å². The van der Waals surface area contributed by atoms with Gasteiger partial charge in [-0.15, -0.1) is 0 Å². The summed E-state index contributed by atoms with van der Waals surface area (Å²) in [5, 5.41) is 14.7. The van der Waals surface area contributed by atoms with Crippen LogP contribution in [0.25, 0.3) is 0 Å². The molecule has 0 aliphatic heterocycles. The molecule has 0 radical (unpaired) electrons. The molecule has 1 rings (SSSR count). The number of carbonyl (C=O) groups is 2. The summed E-state index contributed by atoms with van der Waals surface area (Å²) in [6.07, 6.45) is 1.40. The van der Waals surface area contributed by atoms with Crippen molar-refractivity contribution in [3.63, 3.8) is 0 Å². The molecule has 1 heterocycles. The Kier molecular flexibility index (Phi) is 5.29. The maximum absolute atomic E-state index is 11.8. The smallest absolute Gasteiger partial charge is 0.274 e. The minimum Gasteiger partial charge on any atom is -0.505 e. The number of hydrogen-bond donors (Lipinski definition) is 3. The minimum absolute atomic E-state index is 0.0917. The number of amides is 2. The van der Waals surface area contributed by atoms with Gasteiger partial charge in [0, 0.05) is 12.7 Å². The number of nitrogens with one attached hydrogen (secondary N) is 2. The van der Waals surface area contributed by atoms with Gasteiger partial charge in [0.2, 0.25) is 5.91 Å². The van der Waals surface area contributed by atoms with Gasteiger partial charge in [-0.1, -0.05) is 13.8 Å². The Morgan fingerprint density at radius 1 is 1.37 bits per heavy atom. The molecule has 0 saturated carbocycles. The second-order valence-corrected chi connectivity index (χ2v) is 4.71. The average Bonchev–Trinajstić information content (AvgIpc) is 2.36. The highest BCUT2D eigenvalue weighted by Gasteiger charge is 2.19. The van der Waals surface area contributed by atoms with Gasteiger partial charge < -0.3 is 15.7 Å². The molecule has 1 aromatic rings. The van der Waals surface area contributed by atoms with Gasteiger partial charge in [-0.05, 0) is 25.0 Å². The van der Waals surface area contributed by atoms with E-state index in [4.69, 9.17) is 0 Å². The van der Waals surface area contributed by atoms with Crippen LogP contribution in [0.4, 0.5) is 0 Å². The lowest BCUT2D eigenvalue weighted by atomic mass is 10.2. The predicted molar refractivity (Wildman–Crippen MR) is 70.7 cm³/mol. The molecule has 104 valence electrons. The number of pyridine rings is 1. The van der Waals surface area contributed by atoms with E-state index in [1.807, 2.05) is 13.8 Å². The molecule has 0 spiro atoms. The van der Waals surface area contributed by atoms with Gasteiger partial charge in [-0.2, -0.15) is 0 Å². The topological polar surface area (TPSA) is 91.3 Å². The maximum Gasteiger partial charge on any atom is 0.274 e. The van der Waals surface area contributed by atoms with Gasteiger partial charge in [0.25, 0.3) is 5.91 Å². The molecule has 0 saturated heterocycles. The third kappa shape index (κ3) is 4.57. The van der Waals surface area contributed by atoms with Gasteiger partial charge in [0.15, 0.2) is 5.69 Å². The summed E-state index contributed by atoms with van der Waals surface area (Å²) in [6.45, 7) is 6.09. The molecule has 0 aromatic carbocycles. The lowest BCUT2D eigenvalue weighted by Gasteiger charge is -2.15. The second-order valence-electron chi connectivity index (χ2n) is 4.71. The van der Waals surface area contributed by atoms with Gasteiger partial charge in [0.1, 0.15) is 11.8 Å². The Balaban J connectivity index is 2.57. The Morgan fingerprint density at radius 3 is 2.63 bits per heavy atom. The van der Waals surface area contributed by atoms with Crippen molar-refractivity contribution in [2.75, 3.05) is 6.54 Å². The molecule has 2 amide bonds. The van der Waals surface area contributed by atoms with Gasteiger partial charge >= 0.3 is 0 Å². The van der Waals surface area contributed by atoms with E-state index in [2.05, 4.69) is 15.6 Å². The van der Waals surface area contributed by atoms with E-state index in [9.17, 15) is 14.7 Å². The second kappa shape index (κ2) is 6.72. The molecule has 1 aromatic heterocycles. The third-order valence-electron chi connectivity index (χ3n) is 2.43. The molecule has 3 N–H and O–H groups in total. The molecule has 0 fully saturated rings. The first-order valence-corrected chi connectivity index (χ1v) is 6.14. The van der Waals surface area contributed by atoms with Crippen molar-refractivity contribution in [2.45, 2.75) is 26.8 Å². The summed E-state index contributed by atoms with van der Waals surface area (Å²) >= 11 is 0. The van der Waals surface area contributed by atoms with Crippen molar-refractivity contribution in [3.8, 4) is 5.75 Å². The van der Waals surface area contributed by atoms with Crippen LogP contribution in [0.2, 0.25) is 0 Å². The lowest BCUT2D eigenvalue weighted by Crippen LogP contribution is -2.45. The fourth-order valence-corrected chi connectivity index (χ4v) is 1.36. The maximum atomic E-state index is 11.8. The Labute approximate surface area is 112 Å². The summed E-state index contributed by atoms with van der Waals surface area (Å²) in [4.78, 5) is 27.3. The average molecular weight is 265 g/mol. The summed E-state index contributed by atoms with van der Waals surface area (Å²) in [5.41, 5.74) is -0.0917. The van der Waals surface area contributed by atoms with E-state index >= 15 is 0 Å². The third-order valence-corrected chi connectivity index (χ3v) is 2.43. The van der Waals surface area contributed by atoms with Crippen LogP contribution in [0.1, 0.15) is 31.3 Å². The standard InChI is InChI=1S/C13H19N3O3/c1-8(2)7-15-12(18)9(3)16-13(19)11-10(17)5-4-6-14-11/h4-6,8-9,17H,7H2,1-3H3,(H,15,18)(H,16,19). The molecular formula is C13H19N3O3. The molecule has 0 aliphatic rings. The molecule has 6 nitrogen and oxygen atoms in total. The molecule has 1 unspecified atom stereocenters. The molecule has 0 bridgehead atoms. The van der Waals surface area contributed by atoms with Crippen molar-refractivity contribution in [1.82, 2.24) is 15.6 Å². The Bertz CT molecular complexity index is 460. The lowest BCUT2D eigenvalue weighted by molar-refractivity contribution is -0.122. The van der Waals surface area contributed by atoms with Crippen molar-refractivity contribution in [2.24, 2.45) is 5.92 Å². The van der Waals surface area contributed by atoms with Crippen LogP contribution in [0, 0.1) is 5.92 Å². The predicted octanol–water partition coefficient (Wildman–Crippen LogP) is 0.678. The van der Waals surface area contributed by atoms with E-state index in [0.29, 0.717) is 12.5 Å². The summed E-state index contributed by atoms with van der Waals surface area (Å²) in [5.74, 6) is -0.718. The van der Waals surface area contributed by atoms with Gasteiger partial charge in [-0.25, -0.2) is 4.98 Å². The summed E-state index contributed by atoms with van der Waals surface area (Å²) in [6, 6.07) is 2.20. The SMILES string of the molecule is CC(C)CNC(=O)C(C)NC(=O)c1ncccc1O. The van der Waals surface area contributed by atoms with Gasteiger partial charge in [-0.3, -0.25) is 9.59 Å². The van der Waals surface area contributed by atoms with Crippen LogP contribution in [-0.4, -0.2) is 34.5 Å². The highest BCUT2D eigenvalue weighted by atomic mass is 16.3. The number of aromatic nitrogens is 1. The number of carbonyl (C=O) groups excluding carboxylic acids is 2. The van der Waals surface area contributed by atoms with Crippen LogP contribution in [0.15, 0.2) is 18.3 Å². The summed E-state index contributed by atoms with van der Waals surface area (Å²) in [7, 11) is 0. The van der Waals surface area contributed by atoms with Crippen LogP contribution in [0.3, 0.4) is 0 Å². The Hall–Kier alpha value is -2.11. The zero-order chi connectivity index (χ0) is 14.4. The van der Waals surface area contributed by atoms with Crippen LogP contribution < -0.4 is 10.6 Å². The highest BCUT2D eigenvalue weighted by Crippen LogP contribution is 2.12. The molecule has 6 heteroatoms. The molecule has 1 atom stereocenters. The first kappa shape index (κ1) is 14.9. The number of nitrogens with zero attached hydrogens (tertiary/aromatic N) is 1. The zero-order valence-corrected chi connectivity index (χ0v) is 11.3. The van der Waals surface area contributed by atoms with E-state index in [-0.39, 0.29) is 17.4 Å². The van der Waals surface area contributed by atoms with Crippen molar-refractivity contribution < 1.29 is 14.7 Å².